The molecule has 0 fully saturated rings. The summed E-state index contributed by atoms with van der Waals surface area (Å²) in [5, 5.41) is 10.8. The fourth-order valence-electron chi connectivity index (χ4n) is 1.30. The molecule has 0 aliphatic carbocycles. The van der Waals surface area contributed by atoms with Crippen molar-refractivity contribution >= 4 is 23.5 Å². The third-order valence-corrected chi connectivity index (χ3v) is 2.43. The SMILES string of the molecule is COCc1ccc(C(=O)NSC)cc1[N+](=O)[O-]. The maximum atomic E-state index is 11.5. The van der Waals surface area contributed by atoms with E-state index in [4.69, 9.17) is 4.74 Å². The van der Waals surface area contributed by atoms with Crippen LogP contribution in [0.15, 0.2) is 18.2 Å². The number of carbonyl (C=O) groups is 1. The predicted molar refractivity (Wildman–Crippen MR) is 64.8 cm³/mol. The van der Waals surface area contributed by atoms with Gasteiger partial charge in [-0.15, -0.1) is 0 Å². The van der Waals surface area contributed by atoms with Crippen molar-refractivity contribution in [2.24, 2.45) is 0 Å². The van der Waals surface area contributed by atoms with Crippen molar-refractivity contribution in [2.45, 2.75) is 6.61 Å². The lowest BCUT2D eigenvalue weighted by Crippen LogP contribution is -2.15. The Morgan fingerprint density at radius 1 is 1.59 bits per heavy atom. The molecule has 6 nitrogen and oxygen atoms in total. The first-order valence-corrected chi connectivity index (χ1v) is 5.92. The van der Waals surface area contributed by atoms with Crippen molar-refractivity contribution in [2.75, 3.05) is 13.4 Å². The number of methoxy groups -OCH3 is 1. The Balaban J connectivity index is 3.09. The normalized spacial score (nSPS) is 10.0. The standard InChI is InChI=1S/C10H12N2O4S/c1-16-6-8-4-3-7(10(13)11-17-2)5-9(8)12(14)15/h3-5H,6H2,1-2H3,(H,11,13). The van der Waals surface area contributed by atoms with E-state index in [2.05, 4.69) is 4.72 Å². The van der Waals surface area contributed by atoms with Gasteiger partial charge in [0.2, 0.25) is 0 Å². The zero-order chi connectivity index (χ0) is 12.8. The molecule has 92 valence electrons. The number of nitrogens with zero attached hydrogens (tertiary/aromatic N) is 1. The summed E-state index contributed by atoms with van der Waals surface area (Å²) in [4.78, 5) is 21.8. The highest BCUT2D eigenvalue weighted by molar-refractivity contribution is 7.97. The first kappa shape index (κ1) is 13.5. The lowest BCUT2D eigenvalue weighted by Gasteiger charge is -2.05. The van der Waals surface area contributed by atoms with Crippen molar-refractivity contribution in [3.63, 3.8) is 0 Å². The zero-order valence-corrected chi connectivity index (χ0v) is 10.2. The molecule has 0 heterocycles. The molecule has 1 N–H and O–H groups in total. The molecule has 17 heavy (non-hydrogen) atoms. The average Bonchev–Trinajstić information content (AvgIpc) is 2.30. The van der Waals surface area contributed by atoms with Gasteiger partial charge in [0, 0.05) is 25.0 Å². The van der Waals surface area contributed by atoms with E-state index < -0.39 is 4.92 Å². The van der Waals surface area contributed by atoms with Crippen LogP contribution in [0.2, 0.25) is 0 Å². The lowest BCUT2D eigenvalue weighted by molar-refractivity contribution is -0.385. The molecule has 0 bridgehead atoms. The fraction of sp³-hybridized carbons (Fsp3) is 0.300. The lowest BCUT2D eigenvalue weighted by atomic mass is 10.1. The molecule has 0 saturated carbocycles. The minimum absolute atomic E-state index is 0.111. The van der Waals surface area contributed by atoms with Gasteiger partial charge in [0.05, 0.1) is 17.1 Å². The summed E-state index contributed by atoms with van der Waals surface area (Å²) in [6.45, 7) is 0.140. The molecule has 0 radical (unpaired) electrons. The molecule has 0 aromatic heterocycles. The van der Waals surface area contributed by atoms with Gasteiger partial charge in [-0.05, 0) is 12.1 Å². The van der Waals surface area contributed by atoms with E-state index in [1.165, 1.54) is 25.3 Å². The number of ether oxygens (including phenoxy) is 1. The summed E-state index contributed by atoms with van der Waals surface area (Å²) in [6.07, 6.45) is 1.70. The van der Waals surface area contributed by atoms with Crippen molar-refractivity contribution < 1.29 is 14.5 Å². The highest BCUT2D eigenvalue weighted by atomic mass is 32.2. The van der Waals surface area contributed by atoms with Gasteiger partial charge < -0.3 is 4.74 Å². The first-order valence-electron chi connectivity index (χ1n) is 4.69. The van der Waals surface area contributed by atoms with E-state index in [1.807, 2.05) is 0 Å². The van der Waals surface area contributed by atoms with Crippen LogP contribution in [-0.2, 0) is 11.3 Å². The Hall–Kier alpha value is -1.60. The third kappa shape index (κ3) is 3.43. The van der Waals surface area contributed by atoms with Crippen LogP contribution in [0.4, 0.5) is 5.69 Å². The largest absolute Gasteiger partial charge is 0.380 e. The van der Waals surface area contributed by atoms with Crippen molar-refractivity contribution in [3.8, 4) is 0 Å². The molecular formula is C10H12N2O4S. The van der Waals surface area contributed by atoms with Gasteiger partial charge in [-0.1, -0.05) is 11.9 Å². The zero-order valence-electron chi connectivity index (χ0n) is 9.43. The Bertz CT molecular complexity index is 436. The summed E-state index contributed by atoms with van der Waals surface area (Å²) >= 11 is 1.14. The number of nitro benzene ring substituents is 1. The highest BCUT2D eigenvalue weighted by Gasteiger charge is 2.17. The predicted octanol–water partition coefficient (Wildman–Crippen LogP) is 1.75. The van der Waals surface area contributed by atoms with Gasteiger partial charge in [0.25, 0.3) is 11.6 Å². The van der Waals surface area contributed by atoms with Gasteiger partial charge in [0.15, 0.2) is 0 Å². The quantitative estimate of drug-likeness (QED) is 0.493. The van der Waals surface area contributed by atoms with Crippen LogP contribution in [0, 0.1) is 10.1 Å². The van der Waals surface area contributed by atoms with Gasteiger partial charge in [-0.3, -0.25) is 19.6 Å². The van der Waals surface area contributed by atoms with Crippen LogP contribution in [0.1, 0.15) is 15.9 Å². The summed E-state index contributed by atoms with van der Waals surface area (Å²) in [6, 6.07) is 4.31. The number of benzene rings is 1. The molecular weight excluding hydrogens is 244 g/mol. The highest BCUT2D eigenvalue weighted by Crippen LogP contribution is 2.21. The molecule has 0 unspecified atom stereocenters. The number of nitro groups is 1. The molecule has 1 rings (SSSR count). The van der Waals surface area contributed by atoms with Crippen molar-refractivity contribution in [1.29, 1.82) is 0 Å². The molecule has 1 amide bonds. The van der Waals surface area contributed by atoms with E-state index >= 15 is 0 Å². The van der Waals surface area contributed by atoms with Crippen LogP contribution < -0.4 is 4.72 Å². The molecule has 1 aromatic rings. The molecule has 0 spiro atoms. The smallest absolute Gasteiger partial charge is 0.275 e. The fourth-order valence-corrected chi connectivity index (χ4v) is 1.61. The first-order chi connectivity index (χ1) is 8.10. The van der Waals surface area contributed by atoms with Crippen LogP contribution in [-0.4, -0.2) is 24.2 Å². The van der Waals surface area contributed by atoms with E-state index in [-0.39, 0.29) is 23.8 Å². The van der Waals surface area contributed by atoms with E-state index in [9.17, 15) is 14.9 Å². The van der Waals surface area contributed by atoms with E-state index in [0.717, 1.165) is 11.9 Å². The summed E-state index contributed by atoms with van der Waals surface area (Å²) in [5.41, 5.74) is 0.588. The molecule has 0 atom stereocenters. The molecule has 7 heteroatoms. The maximum Gasteiger partial charge on any atom is 0.275 e. The van der Waals surface area contributed by atoms with Crippen LogP contribution >= 0.6 is 11.9 Å². The van der Waals surface area contributed by atoms with E-state index in [0.29, 0.717) is 5.56 Å². The number of nitrogens with one attached hydrogen (secondary N) is 1. The van der Waals surface area contributed by atoms with Crippen LogP contribution in [0.25, 0.3) is 0 Å². The number of carbonyl (C=O) groups excluding carboxylic acids is 1. The molecule has 0 aliphatic rings. The van der Waals surface area contributed by atoms with Gasteiger partial charge in [0.1, 0.15) is 0 Å². The van der Waals surface area contributed by atoms with Gasteiger partial charge in [-0.25, -0.2) is 0 Å². The second-order valence-corrected chi connectivity index (χ2v) is 3.78. The second kappa shape index (κ2) is 6.21. The van der Waals surface area contributed by atoms with E-state index in [1.54, 1.807) is 6.26 Å². The Morgan fingerprint density at radius 2 is 2.29 bits per heavy atom. The minimum Gasteiger partial charge on any atom is -0.380 e. The topological polar surface area (TPSA) is 81.5 Å². The molecule has 1 aromatic carbocycles. The maximum absolute atomic E-state index is 11.5. The van der Waals surface area contributed by atoms with Crippen LogP contribution in [0.3, 0.4) is 0 Å². The van der Waals surface area contributed by atoms with Gasteiger partial charge in [-0.2, -0.15) is 0 Å². The third-order valence-electron chi connectivity index (χ3n) is 2.04. The number of hydrogen-bond acceptors (Lipinski definition) is 5. The number of rotatable bonds is 5. The van der Waals surface area contributed by atoms with Gasteiger partial charge >= 0.3 is 0 Å². The minimum atomic E-state index is -0.524. The number of hydrogen-bond donors (Lipinski definition) is 1. The summed E-state index contributed by atoms with van der Waals surface area (Å²) < 4.78 is 7.36. The Kier molecular flexibility index (Phi) is 4.92. The van der Waals surface area contributed by atoms with Crippen molar-refractivity contribution in [1.82, 2.24) is 4.72 Å². The molecule has 0 aliphatic heterocycles. The summed E-state index contributed by atoms with van der Waals surface area (Å²) in [5.74, 6) is -0.357. The number of amides is 1. The average molecular weight is 256 g/mol. The second-order valence-electron chi connectivity index (χ2n) is 3.17. The van der Waals surface area contributed by atoms with Crippen molar-refractivity contribution in [3.05, 3.63) is 39.4 Å². The Labute approximate surface area is 103 Å². The monoisotopic (exact) mass is 256 g/mol. The summed E-state index contributed by atoms with van der Waals surface area (Å²) in [7, 11) is 1.46. The molecule has 0 saturated heterocycles. The Morgan fingerprint density at radius 3 is 2.82 bits per heavy atom. The van der Waals surface area contributed by atoms with Crippen LogP contribution in [0.5, 0.6) is 0 Å².